The first-order valence-corrected chi connectivity index (χ1v) is 10.2. The molecule has 4 N–H and O–H groups in total. The average molecular weight is 382 g/mol. The molecule has 152 valence electrons. The zero-order chi connectivity index (χ0) is 20.8. The van der Waals surface area contributed by atoms with Gasteiger partial charge in [0, 0.05) is 24.0 Å². The van der Waals surface area contributed by atoms with Crippen LogP contribution in [-0.4, -0.2) is 13.0 Å². The predicted octanol–water partition coefficient (Wildman–Crippen LogP) is 6.13. The lowest BCUT2D eigenvalue weighted by atomic mass is 9.94. The van der Waals surface area contributed by atoms with E-state index in [1.54, 1.807) is 0 Å². The van der Waals surface area contributed by atoms with E-state index in [2.05, 4.69) is 42.3 Å². The predicted molar refractivity (Wildman–Crippen MR) is 123 cm³/mol. The van der Waals surface area contributed by atoms with E-state index in [0.29, 0.717) is 6.41 Å². The highest BCUT2D eigenvalue weighted by atomic mass is 16.1. The molecule has 0 spiro atoms. The number of benzene rings is 2. The largest absolute Gasteiger partial charge is 0.385 e. The van der Waals surface area contributed by atoms with Gasteiger partial charge in [-0.1, -0.05) is 57.9 Å². The minimum absolute atomic E-state index is 0.0993. The zero-order valence-electron chi connectivity index (χ0n) is 17.5. The van der Waals surface area contributed by atoms with Gasteiger partial charge < -0.3 is 16.4 Å². The van der Waals surface area contributed by atoms with Gasteiger partial charge in [-0.15, -0.1) is 6.58 Å². The van der Waals surface area contributed by atoms with E-state index in [9.17, 15) is 4.79 Å². The Labute approximate surface area is 170 Å². The Morgan fingerprint density at radius 1 is 1.18 bits per heavy atom. The number of carbonyl (C=O) groups is 1. The van der Waals surface area contributed by atoms with E-state index < -0.39 is 0 Å². The molecule has 0 aromatic heterocycles. The van der Waals surface area contributed by atoms with E-state index in [1.165, 1.54) is 24.8 Å². The van der Waals surface area contributed by atoms with E-state index in [1.807, 2.05) is 44.2 Å². The van der Waals surface area contributed by atoms with Crippen molar-refractivity contribution < 1.29 is 4.79 Å². The van der Waals surface area contributed by atoms with Gasteiger partial charge >= 0.3 is 0 Å². The molecule has 2 aromatic carbocycles. The van der Waals surface area contributed by atoms with Crippen LogP contribution in [0.25, 0.3) is 11.1 Å². The average Bonchev–Trinajstić information content (AvgIpc) is 2.75. The fraction of sp³-hybridized carbons (Fsp3) is 0.375. The second-order valence-electron chi connectivity index (χ2n) is 6.39. The molecule has 1 amide bonds. The Morgan fingerprint density at radius 3 is 2.43 bits per heavy atom. The van der Waals surface area contributed by atoms with Crippen molar-refractivity contribution >= 4 is 17.8 Å². The van der Waals surface area contributed by atoms with Crippen LogP contribution >= 0.6 is 0 Å². The summed E-state index contributed by atoms with van der Waals surface area (Å²) in [5.41, 5.74) is 11.5. The monoisotopic (exact) mass is 381 g/mol. The molecule has 0 saturated heterocycles. The smallest absolute Gasteiger partial charge is 0.211 e. The lowest BCUT2D eigenvalue weighted by Crippen LogP contribution is -2.22. The van der Waals surface area contributed by atoms with E-state index in [0.717, 1.165) is 35.5 Å². The molecule has 1 atom stereocenters. The normalized spacial score (nSPS) is 14.1. The van der Waals surface area contributed by atoms with Crippen LogP contribution in [0.1, 0.15) is 58.1 Å². The molecule has 2 aromatic rings. The molecule has 0 fully saturated rings. The number of hydrogen-bond acceptors (Lipinski definition) is 3. The summed E-state index contributed by atoms with van der Waals surface area (Å²) in [6.07, 6.45) is 7.35. The van der Waals surface area contributed by atoms with Crippen molar-refractivity contribution in [3.8, 4) is 11.1 Å². The van der Waals surface area contributed by atoms with Gasteiger partial charge in [-0.25, -0.2) is 0 Å². The van der Waals surface area contributed by atoms with E-state index in [-0.39, 0.29) is 6.04 Å². The van der Waals surface area contributed by atoms with Crippen LogP contribution in [0, 0.1) is 0 Å². The fourth-order valence-electron chi connectivity index (χ4n) is 2.90. The number of allylic oxidation sites excluding steroid dienone is 1. The maximum atomic E-state index is 10.4. The van der Waals surface area contributed by atoms with Crippen molar-refractivity contribution in [3.63, 3.8) is 0 Å². The molecule has 0 saturated carbocycles. The lowest BCUT2D eigenvalue weighted by Gasteiger charge is -2.24. The summed E-state index contributed by atoms with van der Waals surface area (Å²) in [6, 6.07) is 14.2. The maximum Gasteiger partial charge on any atom is 0.211 e. The molecule has 1 aliphatic rings. The van der Waals surface area contributed by atoms with Crippen LogP contribution in [0.3, 0.4) is 0 Å². The third-order valence-electron chi connectivity index (χ3n) is 4.43. The number of rotatable bonds is 6. The van der Waals surface area contributed by atoms with Crippen molar-refractivity contribution in [1.29, 1.82) is 0 Å². The van der Waals surface area contributed by atoms with Gasteiger partial charge in [-0.3, -0.25) is 4.79 Å². The number of unbranched alkanes of at least 4 members (excludes halogenated alkanes) is 2. The zero-order valence-corrected chi connectivity index (χ0v) is 17.5. The van der Waals surface area contributed by atoms with E-state index in [4.69, 9.17) is 5.73 Å². The van der Waals surface area contributed by atoms with E-state index >= 15 is 0 Å². The second kappa shape index (κ2) is 13.6. The van der Waals surface area contributed by atoms with Gasteiger partial charge in [0.25, 0.3) is 0 Å². The summed E-state index contributed by atoms with van der Waals surface area (Å²) in [5, 5.41) is 6.00. The van der Waals surface area contributed by atoms with Crippen molar-refractivity contribution in [2.45, 2.75) is 52.5 Å². The quantitative estimate of drug-likeness (QED) is 0.320. The number of nitrogens with one attached hydrogen (secondary N) is 2. The minimum atomic E-state index is 0.0993. The van der Waals surface area contributed by atoms with Gasteiger partial charge in [0.05, 0.1) is 0 Å². The Morgan fingerprint density at radius 2 is 1.86 bits per heavy atom. The van der Waals surface area contributed by atoms with Crippen molar-refractivity contribution in [3.05, 3.63) is 60.7 Å². The molecular weight excluding hydrogens is 346 g/mol. The highest BCUT2D eigenvalue weighted by Gasteiger charge is 2.16. The Balaban J connectivity index is 0.000000422. The molecule has 28 heavy (non-hydrogen) atoms. The number of anilines is 2. The van der Waals surface area contributed by atoms with Crippen molar-refractivity contribution in [2.75, 3.05) is 17.2 Å². The highest BCUT2D eigenvalue weighted by molar-refractivity contribution is 5.75. The SMILES string of the molecule is C=CCCCC.CC.N[C@H]1CCNc2ccc(-c3ccc(NC=O)cc3)cc21. The first-order valence-electron chi connectivity index (χ1n) is 10.2. The van der Waals surface area contributed by atoms with Gasteiger partial charge in [-0.05, 0) is 53.8 Å². The summed E-state index contributed by atoms with van der Waals surface area (Å²) in [5.74, 6) is 0. The number of nitrogens with two attached hydrogens (primary N) is 1. The summed E-state index contributed by atoms with van der Waals surface area (Å²) >= 11 is 0. The fourth-order valence-corrected chi connectivity index (χ4v) is 2.90. The molecule has 4 heteroatoms. The topological polar surface area (TPSA) is 67.2 Å². The highest BCUT2D eigenvalue weighted by Crippen LogP contribution is 2.32. The van der Waals surface area contributed by atoms with Crippen LogP contribution in [0.5, 0.6) is 0 Å². The van der Waals surface area contributed by atoms with Crippen LogP contribution in [0.15, 0.2) is 55.1 Å². The minimum Gasteiger partial charge on any atom is -0.385 e. The summed E-state index contributed by atoms with van der Waals surface area (Å²) in [4.78, 5) is 10.4. The molecular formula is C24H35N3O. The second-order valence-corrected chi connectivity index (χ2v) is 6.39. The first kappa shape index (κ1) is 23.4. The number of fused-ring (bicyclic) bond motifs is 1. The summed E-state index contributed by atoms with van der Waals surface area (Å²) in [6.45, 7) is 10.7. The Kier molecular flexibility index (Phi) is 11.4. The first-order chi connectivity index (χ1) is 13.7. The molecule has 0 unspecified atom stereocenters. The standard InChI is InChI=1S/C16H17N3O.C6H12.C2H6/c17-15-7-8-18-16-6-3-12(9-14(15)16)11-1-4-13(5-2-11)19-10-20;1-3-5-6-4-2;1-2/h1-6,9-10,15,18H,7-8,17H2,(H,19,20);3H,1,4-6H2,2H3;1-2H3/t15-;;/m0../s1. The van der Waals surface area contributed by atoms with Crippen molar-refractivity contribution in [2.24, 2.45) is 5.73 Å². The van der Waals surface area contributed by atoms with Gasteiger partial charge in [0.15, 0.2) is 0 Å². The molecule has 4 nitrogen and oxygen atoms in total. The van der Waals surface area contributed by atoms with Gasteiger partial charge in [-0.2, -0.15) is 0 Å². The summed E-state index contributed by atoms with van der Waals surface area (Å²) < 4.78 is 0. The van der Waals surface area contributed by atoms with Crippen molar-refractivity contribution in [1.82, 2.24) is 0 Å². The van der Waals surface area contributed by atoms with Gasteiger partial charge in [0.1, 0.15) is 0 Å². The maximum absolute atomic E-state index is 10.4. The number of hydrogen-bond donors (Lipinski definition) is 3. The lowest BCUT2D eigenvalue weighted by molar-refractivity contribution is -0.105. The third-order valence-corrected chi connectivity index (χ3v) is 4.43. The number of amides is 1. The molecule has 3 rings (SSSR count). The summed E-state index contributed by atoms with van der Waals surface area (Å²) in [7, 11) is 0. The van der Waals surface area contributed by atoms with Crippen LogP contribution < -0.4 is 16.4 Å². The van der Waals surface area contributed by atoms with Gasteiger partial charge in [0.2, 0.25) is 6.41 Å². The molecule has 0 bridgehead atoms. The molecule has 0 radical (unpaired) electrons. The third kappa shape index (κ3) is 7.20. The Bertz CT molecular complexity index is 710. The molecule has 0 aliphatic carbocycles. The molecule has 1 heterocycles. The van der Waals surface area contributed by atoms with Crippen LogP contribution in [0.4, 0.5) is 11.4 Å². The Hall–Kier alpha value is -2.59. The number of carbonyl (C=O) groups excluding carboxylic acids is 1. The van der Waals surface area contributed by atoms with Crippen LogP contribution in [-0.2, 0) is 4.79 Å². The van der Waals surface area contributed by atoms with Crippen LogP contribution in [0.2, 0.25) is 0 Å². The molecule has 1 aliphatic heterocycles.